The largest absolute Gasteiger partial charge is 0.465 e. The first-order chi connectivity index (χ1) is 6.63. The molecular formula is C10H19NO3. The molecule has 2 N–H and O–H groups in total. The molecule has 0 aliphatic carbocycles. The first kappa shape index (κ1) is 9.77. The third-order valence-corrected chi connectivity index (χ3v) is 2.69. The van der Waals surface area contributed by atoms with E-state index in [1.54, 1.807) is 0 Å². The molecule has 14 heavy (non-hydrogen) atoms. The summed E-state index contributed by atoms with van der Waals surface area (Å²) >= 11 is 0. The molecule has 0 aromatic rings. The Kier molecular flexibility index (Phi) is 2.63. The summed E-state index contributed by atoms with van der Waals surface area (Å²) in [6.45, 7) is 6.01. The molecule has 1 aliphatic rings. The number of amides is 1. The Hall–Kier alpha value is -0.770. The third-order valence-electron chi connectivity index (χ3n) is 2.69. The number of piperidine rings is 1. The molecule has 0 aromatic heterocycles. The highest BCUT2D eigenvalue weighted by atomic mass is 16.4. The lowest BCUT2D eigenvalue weighted by atomic mass is 9.80. The zero-order valence-corrected chi connectivity index (χ0v) is 8.95. The lowest BCUT2D eigenvalue weighted by Gasteiger charge is -2.43. The summed E-state index contributed by atoms with van der Waals surface area (Å²) in [5.41, 5.74) is -0.256. The van der Waals surface area contributed by atoms with Gasteiger partial charge < -0.3 is 15.1 Å². The van der Waals surface area contributed by atoms with Crippen molar-refractivity contribution in [3.8, 4) is 0 Å². The molecule has 0 spiro atoms. The Bertz CT molecular complexity index is 260. The van der Waals surface area contributed by atoms with Gasteiger partial charge >= 0.3 is 6.09 Å². The summed E-state index contributed by atoms with van der Waals surface area (Å²) in [6, 6.07) is -0.300. The fraction of sp³-hybridized carbons (Fsp3) is 0.900. The molecule has 1 heterocycles. The van der Waals surface area contributed by atoms with E-state index in [9.17, 15) is 9.90 Å². The van der Waals surface area contributed by atoms with Gasteiger partial charge in [0.1, 0.15) is 0 Å². The van der Waals surface area contributed by atoms with Crippen LogP contribution in [-0.4, -0.2) is 39.9 Å². The number of carboxylic acid groups (broad SMARTS) is 1. The molecule has 0 radical (unpaired) electrons. The third kappa shape index (κ3) is 2.38. The molecule has 1 saturated heterocycles. The summed E-state index contributed by atoms with van der Waals surface area (Å²) in [5.74, 6) is 0. The van der Waals surface area contributed by atoms with Crippen molar-refractivity contribution >= 4 is 6.09 Å². The van der Waals surface area contributed by atoms with Crippen LogP contribution in [0.4, 0.5) is 4.79 Å². The molecule has 2 atom stereocenters. The van der Waals surface area contributed by atoms with Gasteiger partial charge in [-0.1, -0.05) is 20.8 Å². The number of hydrogen-bond acceptors (Lipinski definition) is 2. The molecule has 0 saturated carbocycles. The quantitative estimate of drug-likeness (QED) is 0.626. The van der Waals surface area contributed by atoms with E-state index in [1.165, 1.54) is 4.90 Å². The van der Waals surface area contributed by atoms with Crippen LogP contribution in [0.5, 0.6) is 0 Å². The van der Waals surface area contributed by atoms with Gasteiger partial charge in [-0.2, -0.15) is 0 Å². The van der Waals surface area contributed by atoms with Crippen molar-refractivity contribution in [2.75, 3.05) is 6.54 Å². The predicted molar refractivity (Wildman–Crippen MR) is 53.2 cm³/mol. The van der Waals surface area contributed by atoms with Gasteiger partial charge in [0.15, 0.2) is 0 Å². The minimum absolute atomic E-state index is 0.183. The molecule has 4 nitrogen and oxygen atoms in total. The second-order valence-corrected chi connectivity index (χ2v) is 4.88. The minimum atomic E-state index is -1.48. The maximum absolute atomic E-state index is 11.0. The van der Waals surface area contributed by atoms with Crippen LogP contribution in [0.25, 0.3) is 0 Å². The smallest absolute Gasteiger partial charge is 0.407 e. The lowest BCUT2D eigenvalue weighted by molar-refractivity contribution is 0.00398. The Morgan fingerprint density at radius 3 is 2.57 bits per heavy atom. The monoisotopic (exact) mass is 202 g/mol. The molecule has 0 bridgehead atoms. The van der Waals surface area contributed by atoms with Crippen molar-refractivity contribution < 1.29 is 16.4 Å². The highest BCUT2D eigenvalue weighted by molar-refractivity contribution is 5.65. The van der Waals surface area contributed by atoms with Crippen LogP contribution in [0.15, 0.2) is 0 Å². The zero-order valence-electron chi connectivity index (χ0n) is 9.95. The van der Waals surface area contributed by atoms with Gasteiger partial charge in [0, 0.05) is 12.6 Å². The fourth-order valence-electron chi connectivity index (χ4n) is 1.84. The maximum atomic E-state index is 11.0. The first-order valence-corrected chi connectivity index (χ1v) is 4.85. The molecule has 82 valence electrons. The van der Waals surface area contributed by atoms with Crippen LogP contribution in [-0.2, 0) is 0 Å². The predicted octanol–water partition coefficient (Wildman–Crippen LogP) is 1.54. The molecule has 1 fully saturated rings. The van der Waals surface area contributed by atoms with Crippen LogP contribution in [0.3, 0.4) is 0 Å². The van der Waals surface area contributed by atoms with E-state index in [4.69, 9.17) is 6.48 Å². The number of likely N-dealkylation sites (tertiary alicyclic amines) is 1. The molecule has 4 heteroatoms. The van der Waals surface area contributed by atoms with E-state index in [-0.39, 0.29) is 30.8 Å². The summed E-state index contributed by atoms with van der Waals surface area (Å²) < 4.78 is 7.60. The molecule has 1 amide bonds. The second kappa shape index (κ2) is 3.77. The van der Waals surface area contributed by atoms with E-state index in [0.717, 1.165) is 0 Å². The Labute approximate surface area is 85.9 Å². The molecular weight excluding hydrogens is 182 g/mol. The Morgan fingerprint density at radius 2 is 2.14 bits per heavy atom. The molecule has 1 aliphatic heterocycles. The average molecular weight is 202 g/mol. The van der Waals surface area contributed by atoms with E-state index in [2.05, 4.69) is 0 Å². The van der Waals surface area contributed by atoms with E-state index in [1.807, 2.05) is 20.8 Å². The Morgan fingerprint density at radius 1 is 1.57 bits per heavy atom. The van der Waals surface area contributed by atoms with Crippen molar-refractivity contribution in [2.24, 2.45) is 5.41 Å². The molecule has 2 unspecified atom stereocenters. The fourth-order valence-corrected chi connectivity index (χ4v) is 1.84. The van der Waals surface area contributed by atoms with Gasteiger partial charge in [0.25, 0.3) is 0 Å². The lowest BCUT2D eigenvalue weighted by Crippen LogP contribution is -2.52. The zero-order chi connectivity index (χ0) is 11.9. The van der Waals surface area contributed by atoms with Gasteiger partial charge in [0.05, 0.1) is 7.45 Å². The first-order valence-electron chi connectivity index (χ1n) is 5.35. The van der Waals surface area contributed by atoms with E-state index in [0.29, 0.717) is 0 Å². The van der Waals surface area contributed by atoms with Crippen LogP contribution >= 0.6 is 0 Å². The van der Waals surface area contributed by atoms with Crippen LogP contribution in [0, 0.1) is 5.41 Å². The van der Waals surface area contributed by atoms with E-state index >= 15 is 0 Å². The normalized spacial score (nSPS) is 35.3. The highest BCUT2D eigenvalue weighted by Crippen LogP contribution is 2.31. The molecule has 1 rings (SSSR count). The average Bonchev–Trinajstić information content (AvgIpc) is 2.00. The topological polar surface area (TPSA) is 60.8 Å². The number of carbonyl (C=O) groups is 1. The van der Waals surface area contributed by atoms with Gasteiger partial charge in [-0.3, -0.25) is 0 Å². The minimum Gasteiger partial charge on any atom is -0.465 e. The summed E-state index contributed by atoms with van der Waals surface area (Å²) in [4.78, 5) is 12.3. The summed E-state index contributed by atoms with van der Waals surface area (Å²) in [5, 5.41) is 18.7. The maximum Gasteiger partial charge on any atom is 0.407 e. The van der Waals surface area contributed by atoms with Gasteiger partial charge in [-0.15, -0.1) is 0 Å². The number of aliphatic hydroxyl groups is 1. The van der Waals surface area contributed by atoms with Gasteiger partial charge in [0.2, 0.25) is 0 Å². The summed E-state index contributed by atoms with van der Waals surface area (Å²) in [6.07, 6.45) is -2.08. The molecule has 0 aromatic carbocycles. The van der Waals surface area contributed by atoms with Crippen LogP contribution in [0.2, 0.25) is 0 Å². The van der Waals surface area contributed by atoms with Crippen LogP contribution < -0.4 is 0 Å². The van der Waals surface area contributed by atoms with Gasteiger partial charge in [-0.05, 0) is 18.3 Å². The van der Waals surface area contributed by atoms with Crippen molar-refractivity contribution in [1.82, 2.24) is 4.90 Å². The standard InChI is InChI=1S/C10H19NO3/c1-10(2,3)8-6-7(12)4-5-11(8)9(13)14/h7-8,12H,4-6H2,1-3H3,(H,13,14)/i7D. The highest BCUT2D eigenvalue weighted by Gasteiger charge is 2.37. The number of nitrogens with zero attached hydrogens (tertiary/aromatic N) is 1. The van der Waals surface area contributed by atoms with E-state index < -0.39 is 12.2 Å². The van der Waals surface area contributed by atoms with Crippen LogP contribution in [0.1, 0.15) is 35.0 Å². The SMILES string of the molecule is [2H]C1(O)CCN(C(=O)O)C(C(C)(C)C)C1. The van der Waals surface area contributed by atoms with Crippen molar-refractivity contribution in [1.29, 1.82) is 0 Å². The number of rotatable bonds is 0. The van der Waals surface area contributed by atoms with Gasteiger partial charge in [-0.25, -0.2) is 4.79 Å². The number of hydrogen-bond donors (Lipinski definition) is 2. The van der Waals surface area contributed by atoms with Crippen molar-refractivity contribution in [3.63, 3.8) is 0 Å². The second-order valence-electron chi connectivity index (χ2n) is 4.88. The summed E-state index contributed by atoms with van der Waals surface area (Å²) in [7, 11) is 0. The van der Waals surface area contributed by atoms with Crippen molar-refractivity contribution in [2.45, 2.75) is 45.7 Å². The van der Waals surface area contributed by atoms with Crippen molar-refractivity contribution in [3.05, 3.63) is 0 Å². The Balaban J connectivity index is 2.88.